The largest absolute Gasteiger partial charge is 0.361 e. The van der Waals surface area contributed by atoms with Crippen LogP contribution in [0.3, 0.4) is 0 Å². The molecule has 0 aliphatic carbocycles. The molecule has 136 valence electrons. The van der Waals surface area contributed by atoms with E-state index >= 15 is 0 Å². The second-order valence-corrected chi connectivity index (χ2v) is 8.13. The first-order valence-electron chi connectivity index (χ1n) is 8.34. The van der Waals surface area contributed by atoms with Crippen LogP contribution in [0.25, 0.3) is 0 Å². The van der Waals surface area contributed by atoms with Crippen molar-refractivity contribution in [1.82, 2.24) is 10.1 Å². The zero-order chi connectivity index (χ0) is 18.6. The number of carbonyl (C=O) groups excluding carboxylic acids is 1. The minimum atomic E-state index is -0.108. The van der Waals surface area contributed by atoms with Gasteiger partial charge >= 0.3 is 0 Å². The minimum absolute atomic E-state index is 0.0170. The number of thioether (sulfide) groups is 1. The molecule has 0 atom stereocenters. The van der Waals surface area contributed by atoms with Crippen molar-refractivity contribution >= 4 is 17.7 Å². The lowest BCUT2D eigenvalue weighted by Gasteiger charge is -2.29. The maximum Gasteiger partial charge on any atom is 0.254 e. The number of hydrogen-bond acceptors (Lipinski definition) is 5. The van der Waals surface area contributed by atoms with Gasteiger partial charge < -0.3 is 15.2 Å². The van der Waals surface area contributed by atoms with E-state index in [1.807, 2.05) is 45.2 Å². The van der Waals surface area contributed by atoms with Crippen LogP contribution in [0.5, 0.6) is 0 Å². The number of amides is 1. The zero-order valence-corrected chi connectivity index (χ0v) is 16.4. The molecule has 2 aromatic rings. The maximum absolute atomic E-state index is 12.9. The third kappa shape index (κ3) is 4.86. The lowest BCUT2D eigenvalue weighted by atomic mass is 9.93. The van der Waals surface area contributed by atoms with Crippen LogP contribution >= 0.6 is 11.8 Å². The fraction of sp³-hybridized carbons (Fsp3) is 0.474. The molecule has 1 amide bonds. The monoisotopic (exact) mass is 361 g/mol. The van der Waals surface area contributed by atoms with Gasteiger partial charge in [0.15, 0.2) is 0 Å². The number of benzene rings is 1. The first kappa shape index (κ1) is 19.5. The van der Waals surface area contributed by atoms with Gasteiger partial charge in [-0.3, -0.25) is 4.79 Å². The molecule has 6 heteroatoms. The molecule has 0 unspecified atom stereocenters. The van der Waals surface area contributed by atoms with Crippen molar-refractivity contribution in [3.63, 3.8) is 0 Å². The molecule has 2 rings (SSSR count). The Kier molecular flexibility index (Phi) is 6.30. The number of nitrogens with zero attached hydrogens (tertiary/aromatic N) is 2. The molecule has 0 saturated carbocycles. The molecular weight excluding hydrogens is 334 g/mol. The summed E-state index contributed by atoms with van der Waals surface area (Å²) in [5, 5.41) is 3.99. The van der Waals surface area contributed by atoms with Gasteiger partial charge in [-0.2, -0.15) is 0 Å². The average Bonchev–Trinajstić information content (AvgIpc) is 2.90. The summed E-state index contributed by atoms with van der Waals surface area (Å²) in [5.74, 6) is 1.57. The van der Waals surface area contributed by atoms with Gasteiger partial charge in [-0.05, 0) is 37.9 Å². The van der Waals surface area contributed by atoms with E-state index in [-0.39, 0.29) is 11.3 Å². The van der Waals surface area contributed by atoms with E-state index in [1.54, 1.807) is 16.7 Å². The minimum Gasteiger partial charge on any atom is -0.361 e. The first-order chi connectivity index (χ1) is 11.7. The van der Waals surface area contributed by atoms with Gasteiger partial charge in [0.1, 0.15) is 5.76 Å². The number of aromatic nitrogens is 1. The molecule has 0 aliphatic rings. The Morgan fingerprint density at radius 3 is 2.60 bits per heavy atom. The Balaban J connectivity index is 2.16. The van der Waals surface area contributed by atoms with E-state index in [0.717, 1.165) is 33.2 Å². The molecule has 2 N–H and O–H groups in total. The van der Waals surface area contributed by atoms with E-state index < -0.39 is 0 Å². The third-order valence-corrected chi connectivity index (χ3v) is 5.34. The standard InChI is InChI=1S/C19H27N3O2S/c1-13-16(14(2)24-21-13)10-25-17-9-7-6-8-15(17)18(23)22(5)12-19(3,4)11-20/h6-9H,10-12,20H2,1-5H3. The molecule has 0 saturated heterocycles. The van der Waals surface area contributed by atoms with E-state index in [9.17, 15) is 4.79 Å². The Bertz CT molecular complexity index is 721. The Labute approximate surface area is 153 Å². The van der Waals surface area contributed by atoms with Crippen LogP contribution in [0.2, 0.25) is 0 Å². The number of aryl methyl sites for hydroxylation is 2. The fourth-order valence-electron chi connectivity index (χ4n) is 2.61. The summed E-state index contributed by atoms with van der Waals surface area (Å²) in [5.41, 5.74) is 8.39. The van der Waals surface area contributed by atoms with Crippen LogP contribution in [0.1, 0.15) is 41.2 Å². The highest BCUT2D eigenvalue weighted by molar-refractivity contribution is 7.98. The smallest absolute Gasteiger partial charge is 0.254 e. The zero-order valence-electron chi connectivity index (χ0n) is 15.6. The summed E-state index contributed by atoms with van der Waals surface area (Å²) >= 11 is 1.63. The summed E-state index contributed by atoms with van der Waals surface area (Å²) in [6.07, 6.45) is 0. The first-order valence-corrected chi connectivity index (χ1v) is 9.33. The summed E-state index contributed by atoms with van der Waals surface area (Å²) in [4.78, 5) is 15.6. The lowest BCUT2D eigenvalue weighted by molar-refractivity contribution is 0.0737. The van der Waals surface area contributed by atoms with Gasteiger partial charge in [0.25, 0.3) is 5.91 Å². The predicted molar refractivity (Wildman–Crippen MR) is 102 cm³/mol. The van der Waals surface area contributed by atoms with E-state index in [0.29, 0.717) is 13.1 Å². The van der Waals surface area contributed by atoms with Crippen LogP contribution in [0, 0.1) is 19.3 Å². The van der Waals surface area contributed by atoms with Gasteiger partial charge in [0, 0.05) is 29.8 Å². The summed E-state index contributed by atoms with van der Waals surface area (Å²) in [6.45, 7) is 9.13. The van der Waals surface area contributed by atoms with Crippen LogP contribution < -0.4 is 5.73 Å². The van der Waals surface area contributed by atoms with Crippen LogP contribution in [0.15, 0.2) is 33.7 Å². The average molecular weight is 362 g/mol. The van der Waals surface area contributed by atoms with Crippen molar-refractivity contribution < 1.29 is 9.32 Å². The molecule has 1 aromatic carbocycles. The van der Waals surface area contributed by atoms with Crippen molar-refractivity contribution in [2.45, 2.75) is 38.3 Å². The highest BCUT2D eigenvalue weighted by Crippen LogP contribution is 2.29. The number of nitrogens with two attached hydrogens (primary N) is 1. The van der Waals surface area contributed by atoms with Crippen LogP contribution in [0.4, 0.5) is 0 Å². The van der Waals surface area contributed by atoms with Gasteiger partial charge in [0.2, 0.25) is 0 Å². The number of carbonyl (C=O) groups is 1. The molecule has 0 fully saturated rings. The predicted octanol–water partition coefficient (Wildman–Crippen LogP) is 3.64. The fourth-order valence-corrected chi connectivity index (χ4v) is 3.81. The summed E-state index contributed by atoms with van der Waals surface area (Å²) in [6, 6.07) is 7.72. The molecule has 5 nitrogen and oxygen atoms in total. The van der Waals surface area contributed by atoms with Crippen molar-refractivity contribution in [3.05, 3.63) is 46.8 Å². The molecule has 0 aliphatic heterocycles. The second kappa shape index (κ2) is 8.06. The molecule has 0 radical (unpaired) electrons. The van der Waals surface area contributed by atoms with E-state index in [4.69, 9.17) is 10.3 Å². The molecular formula is C19H27N3O2S. The number of rotatable bonds is 7. The van der Waals surface area contributed by atoms with Crippen molar-refractivity contribution in [3.8, 4) is 0 Å². The molecule has 1 heterocycles. The third-order valence-electron chi connectivity index (χ3n) is 4.24. The molecule has 0 spiro atoms. The van der Waals surface area contributed by atoms with Crippen LogP contribution in [-0.4, -0.2) is 36.1 Å². The van der Waals surface area contributed by atoms with Gasteiger partial charge in [0.05, 0.1) is 11.3 Å². The van der Waals surface area contributed by atoms with Crippen LogP contribution in [-0.2, 0) is 5.75 Å². The van der Waals surface area contributed by atoms with Crippen molar-refractivity contribution in [2.75, 3.05) is 20.1 Å². The van der Waals surface area contributed by atoms with Gasteiger partial charge in [-0.1, -0.05) is 31.1 Å². The van der Waals surface area contributed by atoms with Gasteiger partial charge in [-0.25, -0.2) is 0 Å². The van der Waals surface area contributed by atoms with Crippen molar-refractivity contribution in [2.24, 2.45) is 11.1 Å². The lowest BCUT2D eigenvalue weighted by Crippen LogP contribution is -2.39. The number of hydrogen-bond donors (Lipinski definition) is 1. The molecule has 1 aromatic heterocycles. The SMILES string of the molecule is Cc1noc(C)c1CSc1ccccc1C(=O)N(C)CC(C)(C)CN. The summed E-state index contributed by atoms with van der Waals surface area (Å²) < 4.78 is 5.22. The highest BCUT2D eigenvalue weighted by atomic mass is 32.2. The Morgan fingerprint density at radius 1 is 1.32 bits per heavy atom. The normalized spacial score (nSPS) is 11.6. The summed E-state index contributed by atoms with van der Waals surface area (Å²) in [7, 11) is 1.83. The highest BCUT2D eigenvalue weighted by Gasteiger charge is 2.23. The van der Waals surface area contributed by atoms with Crippen molar-refractivity contribution in [1.29, 1.82) is 0 Å². The molecule has 0 bridgehead atoms. The second-order valence-electron chi connectivity index (χ2n) is 7.12. The van der Waals surface area contributed by atoms with E-state index in [2.05, 4.69) is 19.0 Å². The molecule has 25 heavy (non-hydrogen) atoms. The van der Waals surface area contributed by atoms with Gasteiger partial charge in [-0.15, -0.1) is 11.8 Å². The maximum atomic E-state index is 12.9. The van der Waals surface area contributed by atoms with E-state index in [1.165, 1.54) is 0 Å². The topological polar surface area (TPSA) is 72.4 Å². The Hall–Kier alpha value is -1.79. The Morgan fingerprint density at radius 2 is 2.00 bits per heavy atom. The quantitative estimate of drug-likeness (QED) is 0.762.